The first kappa shape index (κ1) is 15.8. The molecule has 21 heavy (non-hydrogen) atoms. The Morgan fingerprint density at radius 1 is 1.43 bits per heavy atom. The minimum absolute atomic E-state index is 0.167. The van der Waals surface area contributed by atoms with Gasteiger partial charge in [0.05, 0.1) is 5.56 Å². The van der Waals surface area contributed by atoms with Crippen molar-refractivity contribution in [1.29, 1.82) is 0 Å². The molecule has 0 saturated heterocycles. The Hall–Kier alpha value is -1.58. The Balaban J connectivity index is 2.16. The van der Waals surface area contributed by atoms with Crippen LogP contribution in [0.25, 0.3) is 0 Å². The fourth-order valence-electron chi connectivity index (χ4n) is 2.90. The van der Waals surface area contributed by atoms with Gasteiger partial charge < -0.3 is 9.84 Å². The third-order valence-electron chi connectivity index (χ3n) is 4.26. The van der Waals surface area contributed by atoms with E-state index >= 15 is 0 Å². The van der Waals surface area contributed by atoms with Gasteiger partial charge >= 0.3 is 5.97 Å². The highest BCUT2D eigenvalue weighted by molar-refractivity contribution is 5.88. The number of nitrogens with zero attached hydrogens (tertiary/aromatic N) is 1. The van der Waals surface area contributed by atoms with Crippen molar-refractivity contribution >= 4 is 5.97 Å². The molecule has 0 bridgehead atoms. The Labute approximate surface area is 126 Å². The zero-order chi connectivity index (χ0) is 15.4. The van der Waals surface area contributed by atoms with Crippen molar-refractivity contribution in [3.8, 4) is 5.88 Å². The highest BCUT2D eigenvalue weighted by Gasteiger charge is 2.23. The molecule has 0 aliphatic heterocycles. The van der Waals surface area contributed by atoms with Crippen LogP contribution < -0.4 is 4.74 Å². The highest BCUT2D eigenvalue weighted by Crippen LogP contribution is 2.30. The summed E-state index contributed by atoms with van der Waals surface area (Å²) < 4.78 is 5.99. The average Bonchev–Trinajstić information content (AvgIpc) is 2.47. The van der Waals surface area contributed by atoms with Crippen molar-refractivity contribution < 1.29 is 14.6 Å². The van der Waals surface area contributed by atoms with Crippen LogP contribution in [0.3, 0.4) is 0 Å². The molecule has 116 valence electrons. The lowest BCUT2D eigenvalue weighted by Gasteiger charge is -2.28. The molecule has 0 radical (unpaired) electrons. The van der Waals surface area contributed by atoms with E-state index in [2.05, 4.69) is 11.9 Å². The zero-order valence-electron chi connectivity index (χ0n) is 13.1. The van der Waals surface area contributed by atoms with E-state index in [0.29, 0.717) is 5.88 Å². The molecule has 0 aromatic carbocycles. The molecule has 2 atom stereocenters. The minimum atomic E-state index is -0.931. The van der Waals surface area contributed by atoms with Gasteiger partial charge in [-0.3, -0.25) is 0 Å². The summed E-state index contributed by atoms with van der Waals surface area (Å²) in [7, 11) is 0. The summed E-state index contributed by atoms with van der Waals surface area (Å²) in [5, 5.41) is 9.22. The van der Waals surface area contributed by atoms with Crippen LogP contribution in [0.2, 0.25) is 0 Å². The van der Waals surface area contributed by atoms with Crippen LogP contribution in [0, 0.1) is 5.92 Å². The first-order valence-corrected chi connectivity index (χ1v) is 7.91. The molecule has 1 N–H and O–H groups in total. The number of hydrogen-bond donors (Lipinski definition) is 1. The Morgan fingerprint density at radius 2 is 2.19 bits per heavy atom. The second-order valence-corrected chi connectivity index (χ2v) is 6.26. The number of aromatic carboxylic acids is 1. The number of pyridine rings is 1. The molecule has 1 aliphatic carbocycles. The molecule has 2 unspecified atom stereocenters. The zero-order valence-corrected chi connectivity index (χ0v) is 13.1. The number of rotatable bonds is 5. The maximum Gasteiger partial charge on any atom is 0.335 e. The standard InChI is InChI=1S/C17H25NO3/c1-4-12-6-5-7-14(8-12)21-16-10-13(17(19)20)9-15(18-16)11(2)3/h9-12,14H,4-8H2,1-3H3,(H,19,20). The third-order valence-corrected chi connectivity index (χ3v) is 4.26. The summed E-state index contributed by atoms with van der Waals surface area (Å²) in [5.41, 5.74) is 1.03. The average molecular weight is 291 g/mol. The molecule has 2 rings (SSSR count). The van der Waals surface area contributed by atoms with E-state index in [9.17, 15) is 9.90 Å². The lowest BCUT2D eigenvalue weighted by molar-refractivity contribution is 0.0694. The third kappa shape index (κ3) is 4.19. The molecule has 1 fully saturated rings. The predicted octanol–water partition coefficient (Wildman–Crippen LogP) is 4.25. The second-order valence-electron chi connectivity index (χ2n) is 6.26. The largest absolute Gasteiger partial charge is 0.478 e. The summed E-state index contributed by atoms with van der Waals surface area (Å²) in [5.74, 6) is 0.428. The normalized spacial score (nSPS) is 22.3. The maximum atomic E-state index is 11.2. The molecule has 1 aliphatic rings. The van der Waals surface area contributed by atoms with Crippen LogP contribution in [0.4, 0.5) is 0 Å². The fraction of sp³-hybridized carbons (Fsp3) is 0.647. The maximum absolute atomic E-state index is 11.2. The van der Waals surface area contributed by atoms with E-state index in [4.69, 9.17) is 4.74 Å². The molecule has 1 aromatic rings. The van der Waals surface area contributed by atoms with Crippen molar-refractivity contribution in [3.63, 3.8) is 0 Å². The van der Waals surface area contributed by atoms with Crippen LogP contribution >= 0.6 is 0 Å². The first-order valence-electron chi connectivity index (χ1n) is 7.91. The first-order chi connectivity index (χ1) is 9.99. The number of carboxylic acid groups (broad SMARTS) is 1. The monoisotopic (exact) mass is 291 g/mol. The van der Waals surface area contributed by atoms with Crippen LogP contribution in [0.15, 0.2) is 12.1 Å². The van der Waals surface area contributed by atoms with E-state index in [0.717, 1.165) is 24.5 Å². The smallest absolute Gasteiger partial charge is 0.335 e. The summed E-state index contributed by atoms with van der Waals surface area (Å²) in [6.07, 6.45) is 5.88. The molecule has 1 heterocycles. The highest BCUT2D eigenvalue weighted by atomic mass is 16.5. The topological polar surface area (TPSA) is 59.4 Å². The van der Waals surface area contributed by atoms with Crippen molar-refractivity contribution in [2.45, 2.75) is 64.9 Å². The molecular weight excluding hydrogens is 266 g/mol. The van der Waals surface area contributed by atoms with E-state index in [1.54, 1.807) is 12.1 Å². The van der Waals surface area contributed by atoms with Gasteiger partial charge in [-0.2, -0.15) is 0 Å². The van der Waals surface area contributed by atoms with E-state index in [1.165, 1.54) is 19.3 Å². The van der Waals surface area contributed by atoms with E-state index in [1.807, 2.05) is 13.8 Å². The Bertz CT molecular complexity index is 499. The molecule has 1 aromatic heterocycles. The number of aromatic nitrogens is 1. The van der Waals surface area contributed by atoms with Gasteiger partial charge in [0.15, 0.2) is 0 Å². The van der Waals surface area contributed by atoms with Gasteiger partial charge in [0.1, 0.15) is 6.10 Å². The minimum Gasteiger partial charge on any atom is -0.478 e. The SMILES string of the molecule is CCC1CCCC(Oc2cc(C(=O)O)cc(C(C)C)n2)C1. The van der Waals surface area contributed by atoms with Crippen molar-refractivity contribution in [3.05, 3.63) is 23.4 Å². The van der Waals surface area contributed by atoms with Gasteiger partial charge in [0.25, 0.3) is 0 Å². The second kappa shape index (κ2) is 6.92. The quantitative estimate of drug-likeness (QED) is 0.881. The predicted molar refractivity (Wildman–Crippen MR) is 82.0 cm³/mol. The Morgan fingerprint density at radius 3 is 2.81 bits per heavy atom. The van der Waals surface area contributed by atoms with Crippen LogP contribution in [-0.4, -0.2) is 22.2 Å². The number of ether oxygens (including phenoxy) is 1. The van der Waals surface area contributed by atoms with Crippen molar-refractivity contribution in [1.82, 2.24) is 4.98 Å². The number of carboxylic acids is 1. The van der Waals surface area contributed by atoms with Gasteiger partial charge in [-0.05, 0) is 37.2 Å². The van der Waals surface area contributed by atoms with Gasteiger partial charge in [-0.25, -0.2) is 9.78 Å². The van der Waals surface area contributed by atoms with Crippen molar-refractivity contribution in [2.75, 3.05) is 0 Å². The van der Waals surface area contributed by atoms with Crippen LogP contribution in [0.1, 0.15) is 74.8 Å². The summed E-state index contributed by atoms with van der Waals surface area (Å²) >= 11 is 0. The molecule has 1 saturated carbocycles. The summed E-state index contributed by atoms with van der Waals surface area (Å²) in [6, 6.07) is 3.18. The summed E-state index contributed by atoms with van der Waals surface area (Å²) in [4.78, 5) is 15.7. The summed E-state index contributed by atoms with van der Waals surface area (Å²) in [6.45, 7) is 6.23. The molecule has 0 amide bonds. The van der Waals surface area contributed by atoms with Gasteiger partial charge in [0, 0.05) is 11.8 Å². The molecule has 4 nitrogen and oxygen atoms in total. The Kier molecular flexibility index (Phi) is 5.21. The van der Waals surface area contributed by atoms with Crippen molar-refractivity contribution in [2.24, 2.45) is 5.92 Å². The van der Waals surface area contributed by atoms with Gasteiger partial charge in [-0.1, -0.05) is 33.6 Å². The van der Waals surface area contributed by atoms with Crippen LogP contribution in [0.5, 0.6) is 5.88 Å². The molecule has 0 spiro atoms. The number of carbonyl (C=O) groups is 1. The van der Waals surface area contributed by atoms with Gasteiger partial charge in [0.2, 0.25) is 5.88 Å². The number of hydrogen-bond acceptors (Lipinski definition) is 3. The van der Waals surface area contributed by atoms with E-state index in [-0.39, 0.29) is 17.6 Å². The van der Waals surface area contributed by atoms with E-state index < -0.39 is 5.97 Å². The lowest BCUT2D eigenvalue weighted by atomic mass is 9.85. The fourth-order valence-corrected chi connectivity index (χ4v) is 2.90. The van der Waals surface area contributed by atoms with Gasteiger partial charge in [-0.15, -0.1) is 0 Å². The molecular formula is C17H25NO3. The van der Waals surface area contributed by atoms with Crippen LogP contribution in [-0.2, 0) is 0 Å². The molecule has 4 heteroatoms. The lowest BCUT2D eigenvalue weighted by Crippen LogP contribution is -2.25.